The van der Waals surface area contributed by atoms with Gasteiger partial charge in [0.2, 0.25) is 0 Å². The van der Waals surface area contributed by atoms with E-state index in [0.29, 0.717) is 6.04 Å². The summed E-state index contributed by atoms with van der Waals surface area (Å²) in [7, 11) is 2.04. The Bertz CT molecular complexity index is 809. The van der Waals surface area contributed by atoms with Crippen molar-refractivity contribution in [3.63, 3.8) is 0 Å². The maximum atomic E-state index is 13.1. The van der Waals surface area contributed by atoms with Gasteiger partial charge in [0.25, 0.3) is 5.56 Å². The number of fused-ring (bicyclic) bond motifs is 1. The minimum atomic E-state index is 0.0799. The number of anilines is 1. The highest BCUT2D eigenvalue weighted by Gasteiger charge is 2.24. The van der Waals surface area contributed by atoms with Crippen LogP contribution < -0.4 is 15.8 Å². The van der Waals surface area contributed by atoms with Crippen LogP contribution in [-0.4, -0.2) is 36.0 Å². The number of benzene rings is 1. The first-order valence-corrected chi connectivity index (χ1v) is 10.2. The summed E-state index contributed by atoms with van der Waals surface area (Å²) in [6.07, 6.45) is 9.44. The molecule has 1 atom stereocenters. The molecule has 5 nitrogen and oxygen atoms in total. The number of nitrogens with one attached hydrogen (secondary N) is 1. The van der Waals surface area contributed by atoms with Crippen LogP contribution in [0.1, 0.15) is 57.4 Å². The topological polar surface area (TPSA) is 50.2 Å². The molecule has 0 amide bonds. The van der Waals surface area contributed by atoms with Gasteiger partial charge in [-0.1, -0.05) is 43.9 Å². The summed E-state index contributed by atoms with van der Waals surface area (Å²) in [6.45, 7) is 1.97. The maximum absolute atomic E-state index is 13.1. The normalized spacial score (nSPS) is 22.5. The summed E-state index contributed by atoms with van der Waals surface area (Å²) >= 11 is 0. The van der Waals surface area contributed by atoms with E-state index in [9.17, 15) is 4.79 Å². The molecule has 2 aromatic rings. The minimum absolute atomic E-state index is 0.0799. The van der Waals surface area contributed by atoms with Gasteiger partial charge >= 0.3 is 0 Å². The molecule has 0 radical (unpaired) electrons. The van der Waals surface area contributed by atoms with Gasteiger partial charge < -0.3 is 10.2 Å². The van der Waals surface area contributed by atoms with Gasteiger partial charge in [0.05, 0.1) is 11.4 Å². The number of aromatic nitrogens is 2. The predicted molar refractivity (Wildman–Crippen MR) is 107 cm³/mol. The van der Waals surface area contributed by atoms with Crippen molar-refractivity contribution >= 4 is 16.6 Å². The van der Waals surface area contributed by atoms with E-state index in [1.807, 2.05) is 29.9 Å². The molecule has 2 fully saturated rings. The zero-order chi connectivity index (χ0) is 17.9. The van der Waals surface area contributed by atoms with E-state index in [2.05, 4.69) is 16.3 Å². The number of nitrogens with zero attached hydrogens (tertiary/aromatic N) is 3. The van der Waals surface area contributed by atoms with E-state index in [0.717, 1.165) is 42.5 Å². The van der Waals surface area contributed by atoms with E-state index in [1.165, 1.54) is 38.5 Å². The average Bonchev–Trinajstić information content (AvgIpc) is 2.95. The van der Waals surface area contributed by atoms with Gasteiger partial charge in [-0.2, -0.15) is 5.10 Å². The van der Waals surface area contributed by atoms with Gasteiger partial charge in [0.1, 0.15) is 0 Å². The monoisotopic (exact) mass is 354 g/mol. The van der Waals surface area contributed by atoms with Crippen LogP contribution in [0.3, 0.4) is 0 Å². The number of rotatable bonds is 3. The van der Waals surface area contributed by atoms with E-state index in [1.54, 1.807) is 0 Å². The standard InChI is InChI=1S/C21H30N4O/c1-22-16-9-7-8-14-24(15-16)20-18-12-5-6-13-19(18)21(26)25(23-20)17-10-3-2-4-11-17/h5-6,12-13,16-17,22H,2-4,7-11,14-15H2,1H3/t16-/m0/s1. The van der Waals surface area contributed by atoms with Gasteiger partial charge in [-0.05, 0) is 38.8 Å². The van der Waals surface area contributed by atoms with E-state index < -0.39 is 0 Å². The zero-order valence-electron chi connectivity index (χ0n) is 15.8. The average molecular weight is 354 g/mol. The van der Waals surface area contributed by atoms with Crippen molar-refractivity contribution in [3.8, 4) is 0 Å². The molecule has 1 saturated heterocycles. The lowest BCUT2D eigenvalue weighted by molar-refractivity contribution is 0.320. The molecule has 4 rings (SSSR count). The van der Waals surface area contributed by atoms with Crippen molar-refractivity contribution in [1.29, 1.82) is 0 Å². The molecule has 1 aliphatic heterocycles. The molecule has 1 saturated carbocycles. The van der Waals surface area contributed by atoms with Crippen LogP contribution in [-0.2, 0) is 0 Å². The Kier molecular flexibility index (Phi) is 5.25. The quantitative estimate of drug-likeness (QED) is 0.917. The highest BCUT2D eigenvalue weighted by molar-refractivity contribution is 5.91. The van der Waals surface area contributed by atoms with Gasteiger partial charge in [-0.15, -0.1) is 0 Å². The van der Waals surface area contributed by atoms with Crippen molar-refractivity contribution in [3.05, 3.63) is 34.6 Å². The van der Waals surface area contributed by atoms with Gasteiger partial charge in [-0.3, -0.25) is 4.79 Å². The fourth-order valence-corrected chi connectivity index (χ4v) is 4.57. The van der Waals surface area contributed by atoms with Crippen LogP contribution in [0.15, 0.2) is 29.1 Å². The molecule has 140 valence electrons. The minimum Gasteiger partial charge on any atom is -0.353 e. The highest BCUT2D eigenvalue weighted by atomic mass is 16.1. The molecule has 1 aromatic heterocycles. The lowest BCUT2D eigenvalue weighted by Gasteiger charge is -2.29. The second-order valence-corrected chi connectivity index (χ2v) is 7.84. The second-order valence-electron chi connectivity index (χ2n) is 7.84. The van der Waals surface area contributed by atoms with Crippen LogP contribution in [0, 0.1) is 0 Å². The van der Waals surface area contributed by atoms with Crippen molar-refractivity contribution < 1.29 is 0 Å². The van der Waals surface area contributed by atoms with Crippen LogP contribution in [0.5, 0.6) is 0 Å². The first-order chi connectivity index (χ1) is 12.8. The third kappa shape index (κ3) is 3.37. The molecule has 2 heterocycles. The Hall–Kier alpha value is -1.88. The first kappa shape index (κ1) is 17.5. The van der Waals surface area contributed by atoms with Crippen LogP contribution >= 0.6 is 0 Å². The van der Waals surface area contributed by atoms with E-state index >= 15 is 0 Å². The van der Waals surface area contributed by atoms with Gasteiger partial charge in [-0.25, -0.2) is 4.68 Å². The van der Waals surface area contributed by atoms with Crippen molar-refractivity contribution in [2.24, 2.45) is 0 Å². The smallest absolute Gasteiger partial charge is 0.275 e. The van der Waals surface area contributed by atoms with Crippen LogP contribution in [0.4, 0.5) is 5.82 Å². The number of likely N-dealkylation sites (N-methyl/N-ethyl adjacent to an activating group) is 1. The highest BCUT2D eigenvalue weighted by Crippen LogP contribution is 2.30. The zero-order valence-corrected chi connectivity index (χ0v) is 15.8. The summed E-state index contributed by atoms with van der Waals surface area (Å²) < 4.78 is 1.82. The molecule has 1 aliphatic carbocycles. The van der Waals surface area contributed by atoms with Crippen LogP contribution in [0.25, 0.3) is 10.8 Å². The van der Waals surface area contributed by atoms with Crippen molar-refractivity contribution in [2.75, 3.05) is 25.0 Å². The molecule has 26 heavy (non-hydrogen) atoms. The summed E-state index contributed by atoms with van der Waals surface area (Å²) in [5.41, 5.74) is 0.0799. The Morgan fingerprint density at radius 3 is 2.50 bits per heavy atom. The largest absolute Gasteiger partial charge is 0.353 e. The fourth-order valence-electron chi connectivity index (χ4n) is 4.57. The molecule has 0 bridgehead atoms. The number of hydrogen-bond donors (Lipinski definition) is 1. The van der Waals surface area contributed by atoms with Gasteiger partial charge in [0, 0.05) is 24.5 Å². The Morgan fingerprint density at radius 2 is 1.73 bits per heavy atom. The van der Waals surface area contributed by atoms with Crippen molar-refractivity contribution in [1.82, 2.24) is 15.1 Å². The molecular weight excluding hydrogens is 324 g/mol. The Labute approximate surface area is 155 Å². The molecular formula is C21H30N4O. The number of hydrogen-bond acceptors (Lipinski definition) is 4. The lowest BCUT2D eigenvalue weighted by Crippen LogP contribution is -2.40. The molecule has 0 spiro atoms. The Balaban J connectivity index is 1.82. The van der Waals surface area contributed by atoms with Crippen molar-refractivity contribution in [2.45, 2.75) is 63.5 Å². The summed E-state index contributed by atoms with van der Waals surface area (Å²) in [5.74, 6) is 0.993. The van der Waals surface area contributed by atoms with Gasteiger partial charge in [0.15, 0.2) is 5.82 Å². The summed E-state index contributed by atoms with van der Waals surface area (Å²) in [6, 6.07) is 8.75. The molecule has 0 unspecified atom stereocenters. The van der Waals surface area contributed by atoms with Crippen LogP contribution in [0.2, 0.25) is 0 Å². The Morgan fingerprint density at radius 1 is 1.00 bits per heavy atom. The summed E-state index contributed by atoms with van der Waals surface area (Å²) in [4.78, 5) is 15.5. The summed E-state index contributed by atoms with van der Waals surface area (Å²) in [5, 5.41) is 10.2. The third-order valence-corrected chi connectivity index (χ3v) is 6.11. The second kappa shape index (κ2) is 7.78. The molecule has 5 heteroatoms. The maximum Gasteiger partial charge on any atom is 0.275 e. The van der Waals surface area contributed by atoms with E-state index in [-0.39, 0.29) is 11.6 Å². The third-order valence-electron chi connectivity index (χ3n) is 6.11. The molecule has 1 aromatic carbocycles. The van der Waals surface area contributed by atoms with E-state index in [4.69, 9.17) is 5.10 Å². The SMILES string of the molecule is CN[C@H]1CCCCN(c2nn(C3CCCCC3)c(=O)c3ccccc23)C1. The lowest BCUT2D eigenvalue weighted by atomic mass is 9.95. The molecule has 1 N–H and O–H groups in total. The molecule has 2 aliphatic rings. The first-order valence-electron chi connectivity index (χ1n) is 10.2. The predicted octanol–water partition coefficient (Wildman–Crippen LogP) is 3.48. The fraction of sp³-hybridized carbons (Fsp3) is 0.619.